The van der Waals surface area contributed by atoms with Crippen molar-refractivity contribution in [2.45, 2.75) is 26.2 Å². The molecule has 0 aliphatic carbocycles. The maximum atomic E-state index is 12.8. The first-order valence-corrected chi connectivity index (χ1v) is 9.88. The molecule has 0 amide bonds. The van der Waals surface area contributed by atoms with Gasteiger partial charge in [-0.3, -0.25) is 0 Å². The van der Waals surface area contributed by atoms with E-state index < -0.39 is 6.43 Å². The molecule has 0 radical (unpaired) electrons. The third kappa shape index (κ3) is 5.57. The first-order chi connectivity index (χ1) is 14.6. The Labute approximate surface area is 175 Å². The summed E-state index contributed by atoms with van der Waals surface area (Å²) in [4.78, 5) is 0. The topological polar surface area (TPSA) is 42.2 Å². The van der Waals surface area contributed by atoms with Gasteiger partial charge >= 0.3 is 0 Å². The molecule has 0 bridgehead atoms. The second kappa shape index (κ2) is 10.4. The summed E-state index contributed by atoms with van der Waals surface area (Å²) >= 11 is 0. The van der Waals surface area contributed by atoms with Crippen LogP contribution in [0.15, 0.2) is 66.7 Å². The van der Waals surface area contributed by atoms with Crippen molar-refractivity contribution in [3.05, 3.63) is 83.4 Å². The zero-order valence-corrected chi connectivity index (χ0v) is 16.8. The van der Waals surface area contributed by atoms with Crippen molar-refractivity contribution in [1.29, 1.82) is 5.26 Å². The summed E-state index contributed by atoms with van der Waals surface area (Å²) in [5.41, 5.74) is 3.78. The summed E-state index contributed by atoms with van der Waals surface area (Å²) in [6.07, 6.45) is -0.670. The van der Waals surface area contributed by atoms with Crippen LogP contribution in [0, 0.1) is 11.3 Å². The van der Waals surface area contributed by atoms with E-state index in [1.807, 2.05) is 24.3 Å². The van der Waals surface area contributed by atoms with Crippen LogP contribution in [0.5, 0.6) is 11.5 Å². The van der Waals surface area contributed by atoms with E-state index >= 15 is 0 Å². The Bertz CT molecular complexity index is 1010. The molecule has 5 heteroatoms. The minimum absolute atomic E-state index is 0.0583. The zero-order chi connectivity index (χ0) is 21.3. The molecule has 0 saturated carbocycles. The second-order valence-corrected chi connectivity index (χ2v) is 6.83. The molecule has 0 fully saturated rings. The van der Waals surface area contributed by atoms with Crippen LogP contribution in [0.4, 0.5) is 8.78 Å². The number of ether oxygens (including phenoxy) is 2. The van der Waals surface area contributed by atoms with Gasteiger partial charge in [0.05, 0.1) is 11.6 Å². The number of nitrogens with zero attached hydrogens (tertiary/aromatic N) is 1. The lowest BCUT2D eigenvalue weighted by Crippen LogP contribution is -2.10. The minimum Gasteiger partial charge on any atom is -0.490 e. The van der Waals surface area contributed by atoms with Crippen molar-refractivity contribution in [2.75, 3.05) is 13.2 Å². The molecular weight excluding hydrogens is 384 g/mol. The molecule has 0 N–H and O–H groups in total. The summed E-state index contributed by atoms with van der Waals surface area (Å²) in [6.45, 7) is 2.68. The van der Waals surface area contributed by atoms with Gasteiger partial charge in [-0.2, -0.15) is 5.26 Å². The molecule has 3 aromatic carbocycles. The highest BCUT2D eigenvalue weighted by Crippen LogP contribution is 2.28. The molecule has 0 atom stereocenters. The summed E-state index contributed by atoms with van der Waals surface area (Å²) in [5, 5.41) is 8.95. The number of alkyl halides is 2. The molecule has 3 rings (SSSR count). The van der Waals surface area contributed by atoms with E-state index in [1.54, 1.807) is 24.3 Å². The first-order valence-electron chi connectivity index (χ1n) is 9.88. The third-order valence-electron chi connectivity index (χ3n) is 4.65. The number of hydrogen-bond donors (Lipinski definition) is 0. The highest BCUT2D eigenvalue weighted by atomic mass is 19.3. The number of rotatable bonds is 9. The lowest BCUT2D eigenvalue weighted by molar-refractivity contribution is 0.150. The van der Waals surface area contributed by atoms with Crippen LogP contribution >= 0.6 is 0 Å². The lowest BCUT2D eigenvalue weighted by Gasteiger charge is -2.14. The number of halogens is 2. The van der Waals surface area contributed by atoms with Gasteiger partial charge in [0.25, 0.3) is 6.43 Å². The van der Waals surface area contributed by atoms with Gasteiger partial charge in [-0.05, 0) is 59.5 Å². The molecule has 3 aromatic rings. The predicted octanol–water partition coefficient (Wildman–Crippen LogP) is 6.57. The number of aryl methyl sites for hydroxylation is 1. The highest BCUT2D eigenvalue weighted by molar-refractivity contribution is 5.66. The van der Waals surface area contributed by atoms with Gasteiger partial charge in [-0.25, -0.2) is 8.78 Å². The Balaban J connectivity index is 1.63. The minimum atomic E-state index is -2.52. The average molecular weight is 407 g/mol. The van der Waals surface area contributed by atoms with E-state index in [1.165, 1.54) is 12.1 Å². The summed E-state index contributed by atoms with van der Waals surface area (Å²) in [5.74, 6) is 1.19. The van der Waals surface area contributed by atoms with Crippen molar-refractivity contribution in [2.24, 2.45) is 0 Å². The van der Waals surface area contributed by atoms with Gasteiger partial charge in [-0.15, -0.1) is 0 Å². The molecule has 0 spiro atoms. The molecule has 30 heavy (non-hydrogen) atoms. The van der Waals surface area contributed by atoms with Gasteiger partial charge in [0, 0.05) is 5.56 Å². The molecule has 0 aromatic heterocycles. The van der Waals surface area contributed by atoms with E-state index in [-0.39, 0.29) is 12.2 Å². The Morgan fingerprint density at radius 3 is 2.33 bits per heavy atom. The van der Waals surface area contributed by atoms with Crippen molar-refractivity contribution >= 4 is 0 Å². The smallest absolute Gasteiger partial charge is 0.263 e. The fraction of sp³-hybridized carbons (Fsp3) is 0.240. The summed E-state index contributed by atoms with van der Waals surface area (Å²) < 4.78 is 37.0. The first kappa shape index (κ1) is 21.3. The van der Waals surface area contributed by atoms with E-state index in [0.717, 1.165) is 35.3 Å². The molecule has 0 aliphatic rings. The van der Waals surface area contributed by atoms with Crippen molar-refractivity contribution in [3.63, 3.8) is 0 Å². The SMILES string of the molecule is CCCc1cc(-c2ccc(C#N)cc2)ccc1OCCOc1cccc(C(F)F)c1. The van der Waals surface area contributed by atoms with Crippen LogP contribution in [0.2, 0.25) is 0 Å². The number of hydrogen-bond acceptors (Lipinski definition) is 3. The summed E-state index contributed by atoms with van der Waals surface area (Å²) in [6, 6.07) is 21.6. The maximum Gasteiger partial charge on any atom is 0.263 e. The normalized spacial score (nSPS) is 10.6. The van der Waals surface area contributed by atoms with Gasteiger partial charge in [0.1, 0.15) is 24.7 Å². The second-order valence-electron chi connectivity index (χ2n) is 6.83. The maximum absolute atomic E-state index is 12.8. The van der Waals surface area contributed by atoms with Gasteiger partial charge in [0.15, 0.2) is 0 Å². The lowest BCUT2D eigenvalue weighted by atomic mass is 9.99. The van der Waals surface area contributed by atoms with Crippen LogP contribution in [0.3, 0.4) is 0 Å². The summed E-state index contributed by atoms with van der Waals surface area (Å²) in [7, 11) is 0. The molecule has 0 unspecified atom stereocenters. The zero-order valence-electron chi connectivity index (χ0n) is 16.8. The molecule has 3 nitrogen and oxygen atoms in total. The molecular formula is C25H23F2NO2. The molecule has 0 heterocycles. The van der Waals surface area contributed by atoms with Crippen molar-refractivity contribution < 1.29 is 18.3 Å². The predicted molar refractivity (Wildman–Crippen MR) is 113 cm³/mol. The number of benzene rings is 3. The Morgan fingerprint density at radius 1 is 0.900 bits per heavy atom. The van der Waals surface area contributed by atoms with E-state index in [0.29, 0.717) is 17.9 Å². The van der Waals surface area contributed by atoms with Crippen molar-refractivity contribution in [1.82, 2.24) is 0 Å². The Hall–Kier alpha value is -3.39. The fourth-order valence-corrected chi connectivity index (χ4v) is 3.15. The fourth-order valence-electron chi connectivity index (χ4n) is 3.15. The van der Waals surface area contributed by atoms with Gasteiger partial charge in [0.2, 0.25) is 0 Å². The number of nitriles is 1. The monoisotopic (exact) mass is 407 g/mol. The molecule has 0 saturated heterocycles. The van der Waals surface area contributed by atoms with Crippen LogP contribution < -0.4 is 9.47 Å². The van der Waals surface area contributed by atoms with E-state index in [2.05, 4.69) is 19.1 Å². The molecule has 154 valence electrons. The van der Waals surface area contributed by atoms with Crippen LogP contribution in [0.25, 0.3) is 11.1 Å². The third-order valence-corrected chi connectivity index (χ3v) is 4.65. The van der Waals surface area contributed by atoms with E-state index in [9.17, 15) is 8.78 Å². The van der Waals surface area contributed by atoms with Gasteiger partial charge < -0.3 is 9.47 Å². The quantitative estimate of drug-likeness (QED) is 0.377. The highest BCUT2D eigenvalue weighted by Gasteiger charge is 2.09. The van der Waals surface area contributed by atoms with Crippen LogP contribution in [-0.4, -0.2) is 13.2 Å². The van der Waals surface area contributed by atoms with Gasteiger partial charge in [-0.1, -0.05) is 43.7 Å². The van der Waals surface area contributed by atoms with Crippen LogP contribution in [-0.2, 0) is 6.42 Å². The van der Waals surface area contributed by atoms with E-state index in [4.69, 9.17) is 14.7 Å². The Morgan fingerprint density at radius 2 is 1.63 bits per heavy atom. The average Bonchev–Trinajstić information content (AvgIpc) is 2.78. The standard InChI is InChI=1S/C25H23F2NO2/c1-2-4-21-15-20(19-9-7-18(17-28)8-10-19)11-12-24(21)30-14-13-29-23-6-3-5-22(16-23)25(26)27/h3,5-12,15-16,25H,2,4,13-14H2,1H3. The van der Waals surface area contributed by atoms with Crippen molar-refractivity contribution in [3.8, 4) is 28.7 Å². The molecule has 0 aliphatic heterocycles. The van der Waals surface area contributed by atoms with Crippen LogP contribution in [0.1, 0.15) is 36.5 Å². The largest absolute Gasteiger partial charge is 0.490 e. The Kier molecular flexibility index (Phi) is 7.40.